The van der Waals surface area contributed by atoms with Gasteiger partial charge in [0.05, 0.1) is 0 Å². The number of allylic oxidation sites excluding steroid dienone is 5. The lowest BCUT2D eigenvalue weighted by molar-refractivity contribution is -0.111. The summed E-state index contributed by atoms with van der Waals surface area (Å²) in [4.78, 5) is 12.1. The van der Waals surface area contributed by atoms with E-state index < -0.39 is 0 Å². The van der Waals surface area contributed by atoms with Gasteiger partial charge in [0.2, 0.25) is 0 Å². The van der Waals surface area contributed by atoms with Gasteiger partial charge in [-0.2, -0.15) is 0 Å². The summed E-state index contributed by atoms with van der Waals surface area (Å²) >= 11 is 0. The average molecular weight is 208 g/mol. The molecular weight excluding hydrogens is 196 g/mol. The van der Waals surface area contributed by atoms with Crippen LogP contribution in [0, 0.1) is 0 Å². The standard InChI is InChI=1S/C15H12O/c1-9-7-13-12-6-4-3-5-11(12)8-14(13)15(16)10(9)2/h3-8H,1-2H3. The predicted molar refractivity (Wildman–Crippen MR) is 65.8 cm³/mol. The van der Waals surface area contributed by atoms with Crippen molar-refractivity contribution < 1.29 is 4.79 Å². The Labute approximate surface area is 94.8 Å². The Morgan fingerprint density at radius 2 is 1.69 bits per heavy atom. The summed E-state index contributed by atoms with van der Waals surface area (Å²) in [5.74, 6) is 0.172. The zero-order valence-corrected chi connectivity index (χ0v) is 9.37. The number of fused-ring (bicyclic) bond motifs is 3. The molecule has 1 aromatic rings. The van der Waals surface area contributed by atoms with Gasteiger partial charge >= 0.3 is 0 Å². The maximum Gasteiger partial charge on any atom is 0.189 e. The van der Waals surface area contributed by atoms with Crippen molar-refractivity contribution in [1.29, 1.82) is 0 Å². The Kier molecular flexibility index (Phi) is 1.78. The van der Waals surface area contributed by atoms with Crippen LogP contribution in [-0.4, -0.2) is 5.78 Å². The Balaban J connectivity index is 2.28. The van der Waals surface area contributed by atoms with Crippen LogP contribution < -0.4 is 0 Å². The molecule has 0 bridgehead atoms. The van der Waals surface area contributed by atoms with Crippen LogP contribution in [0.25, 0.3) is 11.6 Å². The third-order valence-corrected chi connectivity index (χ3v) is 3.38. The lowest BCUT2D eigenvalue weighted by Crippen LogP contribution is -2.09. The summed E-state index contributed by atoms with van der Waals surface area (Å²) in [6.45, 7) is 3.90. The monoisotopic (exact) mass is 208 g/mol. The third-order valence-electron chi connectivity index (χ3n) is 3.38. The van der Waals surface area contributed by atoms with Crippen LogP contribution >= 0.6 is 0 Å². The SMILES string of the molecule is CC1=C(C)C(=O)C2=Cc3ccccc3C2=C1. The van der Waals surface area contributed by atoms with Crippen molar-refractivity contribution in [3.8, 4) is 0 Å². The number of hydrogen-bond donors (Lipinski definition) is 0. The molecule has 0 heterocycles. The van der Waals surface area contributed by atoms with E-state index in [1.165, 1.54) is 5.56 Å². The summed E-state index contributed by atoms with van der Waals surface area (Å²) in [7, 11) is 0. The molecule has 16 heavy (non-hydrogen) atoms. The van der Waals surface area contributed by atoms with Crippen molar-refractivity contribution in [3.63, 3.8) is 0 Å². The van der Waals surface area contributed by atoms with E-state index in [1.54, 1.807) is 0 Å². The minimum Gasteiger partial charge on any atom is -0.289 e. The molecule has 1 aromatic carbocycles. The highest BCUT2D eigenvalue weighted by atomic mass is 16.1. The van der Waals surface area contributed by atoms with Crippen LogP contribution in [0.5, 0.6) is 0 Å². The van der Waals surface area contributed by atoms with Crippen molar-refractivity contribution >= 4 is 17.4 Å². The molecule has 0 amide bonds. The van der Waals surface area contributed by atoms with Gasteiger partial charge < -0.3 is 0 Å². The van der Waals surface area contributed by atoms with E-state index >= 15 is 0 Å². The predicted octanol–water partition coefficient (Wildman–Crippen LogP) is 3.39. The van der Waals surface area contributed by atoms with Crippen molar-refractivity contribution in [3.05, 3.63) is 58.2 Å². The van der Waals surface area contributed by atoms with Crippen LogP contribution in [0.2, 0.25) is 0 Å². The number of benzene rings is 1. The maximum absolute atomic E-state index is 12.1. The number of hydrogen-bond acceptors (Lipinski definition) is 1. The molecule has 0 saturated carbocycles. The molecular formula is C15H12O. The second-order valence-corrected chi connectivity index (χ2v) is 4.34. The number of rotatable bonds is 0. The highest BCUT2D eigenvalue weighted by Gasteiger charge is 2.27. The van der Waals surface area contributed by atoms with Gasteiger partial charge in [-0.15, -0.1) is 0 Å². The lowest BCUT2D eigenvalue weighted by atomic mass is 9.88. The molecule has 1 nitrogen and oxygen atoms in total. The topological polar surface area (TPSA) is 17.1 Å². The molecule has 1 heteroatoms. The zero-order chi connectivity index (χ0) is 11.3. The van der Waals surface area contributed by atoms with Gasteiger partial charge in [-0.3, -0.25) is 4.79 Å². The number of carbonyl (C=O) groups is 1. The Morgan fingerprint density at radius 3 is 2.50 bits per heavy atom. The van der Waals surface area contributed by atoms with Crippen molar-refractivity contribution in [2.24, 2.45) is 0 Å². The second kappa shape index (κ2) is 3.05. The smallest absolute Gasteiger partial charge is 0.189 e. The molecule has 2 aliphatic carbocycles. The summed E-state index contributed by atoms with van der Waals surface area (Å²) in [5, 5.41) is 0. The van der Waals surface area contributed by atoms with Crippen LogP contribution in [-0.2, 0) is 4.79 Å². The fourth-order valence-corrected chi connectivity index (χ4v) is 2.30. The van der Waals surface area contributed by atoms with Gasteiger partial charge in [-0.1, -0.05) is 30.3 Å². The van der Waals surface area contributed by atoms with E-state index in [-0.39, 0.29) is 5.78 Å². The van der Waals surface area contributed by atoms with E-state index in [1.807, 2.05) is 32.1 Å². The van der Waals surface area contributed by atoms with Crippen molar-refractivity contribution in [2.45, 2.75) is 13.8 Å². The fourth-order valence-electron chi connectivity index (χ4n) is 2.30. The minimum absolute atomic E-state index is 0.172. The second-order valence-electron chi connectivity index (χ2n) is 4.34. The highest BCUT2D eigenvalue weighted by molar-refractivity contribution is 6.26. The van der Waals surface area contributed by atoms with E-state index in [9.17, 15) is 4.79 Å². The van der Waals surface area contributed by atoms with Gasteiger partial charge in [0.15, 0.2) is 5.78 Å². The molecule has 0 saturated heterocycles. The highest BCUT2D eigenvalue weighted by Crippen LogP contribution is 2.40. The van der Waals surface area contributed by atoms with Crippen molar-refractivity contribution in [2.75, 3.05) is 0 Å². The zero-order valence-electron chi connectivity index (χ0n) is 9.37. The summed E-state index contributed by atoms with van der Waals surface area (Å²) in [6, 6.07) is 8.15. The molecule has 0 aromatic heterocycles. The molecule has 78 valence electrons. The normalized spacial score (nSPS) is 18.0. The maximum atomic E-state index is 12.1. The van der Waals surface area contributed by atoms with E-state index in [0.717, 1.165) is 27.9 Å². The molecule has 0 atom stereocenters. The Morgan fingerprint density at radius 1 is 0.938 bits per heavy atom. The Hall–Kier alpha value is -1.89. The molecule has 0 aliphatic heterocycles. The van der Waals surface area contributed by atoms with Crippen LogP contribution in [0.4, 0.5) is 0 Å². The lowest BCUT2D eigenvalue weighted by Gasteiger charge is -2.14. The minimum atomic E-state index is 0.172. The molecule has 0 spiro atoms. The average Bonchev–Trinajstić information content (AvgIpc) is 2.65. The van der Waals surface area contributed by atoms with Gasteiger partial charge in [-0.25, -0.2) is 0 Å². The molecule has 3 rings (SSSR count). The van der Waals surface area contributed by atoms with E-state index in [4.69, 9.17) is 0 Å². The van der Waals surface area contributed by atoms with E-state index in [2.05, 4.69) is 18.2 Å². The molecule has 2 aliphatic rings. The summed E-state index contributed by atoms with van der Waals surface area (Å²) in [6.07, 6.45) is 4.12. The molecule has 0 unspecified atom stereocenters. The molecule has 0 radical (unpaired) electrons. The third kappa shape index (κ3) is 1.09. The molecule has 0 fully saturated rings. The first-order chi connectivity index (χ1) is 7.68. The number of ketones is 1. The first-order valence-electron chi connectivity index (χ1n) is 5.44. The molecule has 0 N–H and O–H groups in total. The largest absolute Gasteiger partial charge is 0.289 e. The summed E-state index contributed by atoms with van der Waals surface area (Å²) in [5.41, 5.74) is 6.21. The fraction of sp³-hybridized carbons (Fsp3) is 0.133. The number of carbonyl (C=O) groups excluding carboxylic acids is 1. The van der Waals surface area contributed by atoms with Gasteiger partial charge in [0.1, 0.15) is 0 Å². The van der Waals surface area contributed by atoms with Crippen LogP contribution in [0.3, 0.4) is 0 Å². The van der Waals surface area contributed by atoms with Gasteiger partial charge in [0, 0.05) is 5.57 Å². The first-order valence-corrected chi connectivity index (χ1v) is 5.44. The van der Waals surface area contributed by atoms with E-state index in [0.29, 0.717) is 0 Å². The van der Waals surface area contributed by atoms with Gasteiger partial charge in [-0.05, 0) is 47.8 Å². The van der Waals surface area contributed by atoms with Gasteiger partial charge in [0.25, 0.3) is 0 Å². The Bertz CT molecular complexity index is 598. The van der Waals surface area contributed by atoms with Crippen molar-refractivity contribution in [1.82, 2.24) is 0 Å². The number of Topliss-reactive ketones (excluding diaryl/α,β-unsaturated/α-hetero) is 1. The summed E-state index contributed by atoms with van der Waals surface area (Å²) < 4.78 is 0. The quantitative estimate of drug-likeness (QED) is 0.638. The van der Waals surface area contributed by atoms with Crippen LogP contribution in [0.15, 0.2) is 47.1 Å². The van der Waals surface area contributed by atoms with Crippen LogP contribution in [0.1, 0.15) is 25.0 Å². The first kappa shape index (κ1) is 9.34.